The van der Waals surface area contributed by atoms with Gasteiger partial charge in [0.2, 0.25) is 5.91 Å². The number of sulfonamides is 1. The van der Waals surface area contributed by atoms with E-state index in [1.54, 1.807) is 13.8 Å². The van der Waals surface area contributed by atoms with Crippen LogP contribution in [0, 0.1) is 13.8 Å². The minimum atomic E-state index is -4.86. The Morgan fingerprint density at radius 2 is 1.68 bits per heavy atom. The highest BCUT2D eigenvalue weighted by molar-refractivity contribution is 7.92. The number of hydrogen-bond acceptors (Lipinski definition) is 5. The van der Waals surface area contributed by atoms with Gasteiger partial charge < -0.3 is 10.1 Å². The number of amides is 1. The van der Waals surface area contributed by atoms with Crippen molar-refractivity contribution in [3.05, 3.63) is 87.9 Å². The van der Waals surface area contributed by atoms with Gasteiger partial charge in [-0.15, -0.1) is 0 Å². The van der Waals surface area contributed by atoms with E-state index >= 15 is 0 Å². The average molecular weight is 555 g/mol. The predicted molar refractivity (Wildman–Crippen MR) is 133 cm³/mol. The molecular formula is C25H22ClF3N2O5S. The lowest BCUT2D eigenvalue weighted by Gasteiger charge is -2.25. The van der Waals surface area contributed by atoms with Crippen LogP contribution < -0.4 is 9.62 Å². The normalized spacial score (nSPS) is 11.6. The highest BCUT2D eigenvalue weighted by Crippen LogP contribution is 2.38. The molecule has 0 aliphatic rings. The van der Waals surface area contributed by atoms with E-state index in [0.29, 0.717) is 15.9 Å². The highest BCUT2D eigenvalue weighted by Gasteiger charge is 2.35. The molecule has 0 saturated heterocycles. The van der Waals surface area contributed by atoms with Crippen molar-refractivity contribution >= 4 is 44.9 Å². The molecule has 0 aliphatic heterocycles. The van der Waals surface area contributed by atoms with Gasteiger partial charge in [0.25, 0.3) is 10.0 Å². The minimum absolute atomic E-state index is 0.178. The summed E-state index contributed by atoms with van der Waals surface area (Å²) in [5, 5.41) is 1.90. The molecule has 3 aromatic carbocycles. The first-order valence-corrected chi connectivity index (χ1v) is 12.5. The number of benzene rings is 3. The van der Waals surface area contributed by atoms with Crippen LogP contribution in [0.1, 0.15) is 27.0 Å². The number of anilines is 2. The SMILES string of the molecule is COC(=O)c1cccc(NC(=O)CN(c2ccc(Cl)c(C(F)(F)F)c2)S(=O)(=O)c2ccc(C)cc2)c1C. The van der Waals surface area contributed by atoms with E-state index in [2.05, 4.69) is 5.32 Å². The molecule has 3 aromatic rings. The van der Waals surface area contributed by atoms with Crippen LogP contribution in [0.15, 0.2) is 65.6 Å². The van der Waals surface area contributed by atoms with Crippen LogP contribution in [0.2, 0.25) is 5.02 Å². The number of hydrogen-bond donors (Lipinski definition) is 1. The van der Waals surface area contributed by atoms with Crippen molar-refractivity contribution in [3.63, 3.8) is 0 Å². The number of halogens is 4. The van der Waals surface area contributed by atoms with Crippen LogP contribution >= 0.6 is 11.6 Å². The van der Waals surface area contributed by atoms with Crippen molar-refractivity contribution in [2.45, 2.75) is 24.9 Å². The summed E-state index contributed by atoms with van der Waals surface area (Å²) >= 11 is 5.71. The van der Waals surface area contributed by atoms with Crippen molar-refractivity contribution in [2.75, 3.05) is 23.3 Å². The Bertz CT molecular complexity index is 1440. The van der Waals surface area contributed by atoms with Gasteiger partial charge in [-0.2, -0.15) is 13.2 Å². The smallest absolute Gasteiger partial charge is 0.417 e. The summed E-state index contributed by atoms with van der Waals surface area (Å²) in [7, 11) is -3.28. The zero-order valence-electron chi connectivity index (χ0n) is 19.9. The number of nitrogens with zero attached hydrogens (tertiary/aromatic N) is 1. The molecule has 0 spiro atoms. The Morgan fingerprint density at radius 1 is 1.03 bits per heavy atom. The summed E-state index contributed by atoms with van der Waals surface area (Å²) < 4.78 is 72.8. The molecule has 37 heavy (non-hydrogen) atoms. The van der Waals surface area contributed by atoms with Crippen molar-refractivity contribution in [3.8, 4) is 0 Å². The molecule has 0 fully saturated rings. The van der Waals surface area contributed by atoms with Gasteiger partial charge in [0.1, 0.15) is 6.54 Å². The van der Waals surface area contributed by atoms with E-state index in [0.717, 1.165) is 17.7 Å². The number of rotatable bonds is 7. The molecule has 12 heteroatoms. The molecule has 0 atom stereocenters. The van der Waals surface area contributed by atoms with Crippen molar-refractivity contribution < 1.29 is 35.9 Å². The molecule has 0 bridgehead atoms. The number of esters is 1. The lowest BCUT2D eigenvalue weighted by molar-refractivity contribution is -0.137. The Labute approximate surface area is 216 Å². The first kappa shape index (κ1) is 28.0. The fourth-order valence-corrected chi connectivity index (χ4v) is 5.10. The Morgan fingerprint density at radius 3 is 2.27 bits per heavy atom. The minimum Gasteiger partial charge on any atom is -0.465 e. The third-order valence-electron chi connectivity index (χ3n) is 5.45. The second-order valence-electron chi connectivity index (χ2n) is 8.00. The topological polar surface area (TPSA) is 92.8 Å². The molecule has 0 aliphatic carbocycles. The van der Waals surface area contributed by atoms with Gasteiger partial charge in [-0.05, 0) is 61.9 Å². The summed E-state index contributed by atoms with van der Waals surface area (Å²) in [6.45, 7) is 2.43. The maximum atomic E-state index is 13.5. The number of ether oxygens (including phenoxy) is 1. The standard InChI is InChI=1S/C25H22ClF3N2O5S/c1-15-7-10-18(11-8-15)37(34,35)31(17-9-12-21(26)20(13-17)25(27,28)29)14-23(32)30-22-6-4-5-19(16(22)2)24(33)36-3/h4-13H,14H2,1-3H3,(H,30,32). The summed E-state index contributed by atoms with van der Waals surface area (Å²) in [4.78, 5) is 24.7. The Hall–Kier alpha value is -3.57. The van der Waals surface area contributed by atoms with E-state index < -0.39 is 50.9 Å². The fourth-order valence-electron chi connectivity index (χ4n) is 3.46. The van der Waals surface area contributed by atoms with E-state index in [1.807, 2.05) is 0 Å². The number of carbonyl (C=O) groups is 2. The molecule has 7 nitrogen and oxygen atoms in total. The lowest BCUT2D eigenvalue weighted by atomic mass is 10.1. The molecule has 196 valence electrons. The molecule has 3 rings (SSSR count). The maximum Gasteiger partial charge on any atom is 0.417 e. The zero-order valence-corrected chi connectivity index (χ0v) is 21.5. The van der Waals surface area contributed by atoms with Gasteiger partial charge in [0.05, 0.1) is 33.8 Å². The van der Waals surface area contributed by atoms with Crippen LogP contribution in [-0.4, -0.2) is 33.9 Å². The molecule has 0 aromatic heterocycles. The monoisotopic (exact) mass is 554 g/mol. The Kier molecular flexibility index (Phi) is 8.19. The molecule has 1 amide bonds. The van der Waals surface area contributed by atoms with Gasteiger partial charge in [-0.1, -0.05) is 35.4 Å². The summed E-state index contributed by atoms with van der Waals surface area (Å²) in [5.41, 5.74) is -0.161. The fraction of sp³-hybridized carbons (Fsp3) is 0.200. The first-order chi connectivity index (χ1) is 17.3. The van der Waals surface area contributed by atoms with Gasteiger partial charge >= 0.3 is 12.1 Å². The summed E-state index contributed by atoms with van der Waals surface area (Å²) in [5.74, 6) is -1.50. The molecule has 0 heterocycles. The third-order valence-corrected chi connectivity index (χ3v) is 7.57. The second-order valence-corrected chi connectivity index (χ2v) is 10.3. The number of alkyl halides is 3. The van der Waals surface area contributed by atoms with Crippen LogP contribution in [-0.2, 0) is 25.7 Å². The number of carbonyl (C=O) groups excluding carboxylic acids is 2. The summed E-state index contributed by atoms with van der Waals surface area (Å²) in [6, 6.07) is 12.7. The number of methoxy groups -OCH3 is 1. The number of nitrogens with one attached hydrogen (secondary N) is 1. The molecular weight excluding hydrogens is 533 g/mol. The van der Waals surface area contributed by atoms with Gasteiger partial charge in [0, 0.05) is 5.69 Å². The van der Waals surface area contributed by atoms with Crippen molar-refractivity contribution in [2.24, 2.45) is 0 Å². The third kappa shape index (κ3) is 6.23. The van der Waals surface area contributed by atoms with Crippen molar-refractivity contribution in [1.29, 1.82) is 0 Å². The lowest BCUT2D eigenvalue weighted by Crippen LogP contribution is -2.38. The molecule has 1 N–H and O–H groups in total. The molecule has 0 unspecified atom stereocenters. The molecule has 0 radical (unpaired) electrons. The molecule has 0 saturated carbocycles. The van der Waals surface area contributed by atoms with Gasteiger partial charge in [-0.25, -0.2) is 13.2 Å². The average Bonchev–Trinajstić information content (AvgIpc) is 2.83. The second kappa shape index (κ2) is 10.8. The van der Waals surface area contributed by atoms with Crippen molar-refractivity contribution in [1.82, 2.24) is 0 Å². The van der Waals surface area contributed by atoms with E-state index in [9.17, 15) is 31.2 Å². The van der Waals surface area contributed by atoms with E-state index in [4.69, 9.17) is 16.3 Å². The number of aryl methyl sites for hydroxylation is 1. The summed E-state index contributed by atoms with van der Waals surface area (Å²) in [6.07, 6.45) is -4.86. The van der Waals surface area contributed by atoms with Crippen LogP contribution in [0.5, 0.6) is 0 Å². The van der Waals surface area contributed by atoms with E-state index in [-0.39, 0.29) is 16.1 Å². The van der Waals surface area contributed by atoms with Gasteiger partial charge in [-0.3, -0.25) is 9.10 Å². The largest absolute Gasteiger partial charge is 0.465 e. The zero-order chi connectivity index (χ0) is 27.5. The quantitative estimate of drug-likeness (QED) is 0.384. The van der Waals surface area contributed by atoms with Crippen LogP contribution in [0.3, 0.4) is 0 Å². The highest BCUT2D eigenvalue weighted by atomic mass is 35.5. The van der Waals surface area contributed by atoms with Crippen LogP contribution in [0.4, 0.5) is 24.5 Å². The van der Waals surface area contributed by atoms with Gasteiger partial charge in [0.15, 0.2) is 0 Å². The van der Waals surface area contributed by atoms with E-state index in [1.165, 1.54) is 49.6 Å². The maximum absolute atomic E-state index is 13.5. The Balaban J connectivity index is 2.05. The van der Waals surface area contributed by atoms with Crippen LogP contribution in [0.25, 0.3) is 0 Å². The predicted octanol–water partition coefficient (Wildman–Crippen LogP) is 5.60. The first-order valence-electron chi connectivity index (χ1n) is 10.7.